The number of nitrogens with one attached hydrogen (secondary N) is 2. The number of hydrogen-bond acceptors (Lipinski definition) is 5. The van der Waals surface area contributed by atoms with Gasteiger partial charge in [0.2, 0.25) is 0 Å². The summed E-state index contributed by atoms with van der Waals surface area (Å²) in [5.74, 6) is 0.00444. The molecule has 8 nitrogen and oxygen atoms in total. The van der Waals surface area contributed by atoms with Crippen LogP contribution in [-0.4, -0.2) is 38.0 Å². The Bertz CT molecular complexity index is 960. The summed E-state index contributed by atoms with van der Waals surface area (Å²) >= 11 is 0. The maximum absolute atomic E-state index is 12.6. The van der Waals surface area contributed by atoms with Crippen molar-refractivity contribution in [2.75, 3.05) is 6.61 Å². The molecule has 0 unspecified atom stereocenters. The molecule has 0 aliphatic heterocycles. The number of aryl methyl sites for hydroxylation is 1. The van der Waals surface area contributed by atoms with Crippen molar-refractivity contribution in [1.82, 2.24) is 24.8 Å². The Morgan fingerprint density at radius 3 is 2.81 bits per heavy atom. The van der Waals surface area contributed by atoms with E-state index in [9.17, 15) is 9.59 Å². The highest BCUT2D eigenvalue weighted by molar-refractivity contribution is 6.00. The van der Waals surface area contributed by atoms with Gasteiger partial charge in [-0.1, -0.05) is 0 Å². The van der Waals surface area contributed by atoms with Gasteiger partial charge in [0.25, 0.3) is 5.91 Å². The van der Waals surface area contributed by atoms with E-state index in [1.54, 1.807) is 50.3 Å². The van der Waals surface area contributed by atoms with Gasteiger partial charge in [-0.15, -0.1) is 0 Å². The zero-order chi connectivity index (χ0) is 19.4. The van der Waals surface area contributed by atoms with Crippen molar-refractivity contribution in [1.29, 1.82) is 0 Å². The third-order valence-electron chi connectivity index (χ3n) is 4.18. The Morgan fingerprint density at radius 1 is 1.30 bits per heavy atom. The smallest absolute Gasteiger partial charge is 0.340 e. The number of ether oxygens (including phenoxy) is 1. The minimum atomic E-state index is -0.429. The number of amides is 1. The SMILES string of the molecule is CCOC(=O)c1c(C)[nH]c(C(=O)NCc2ccnc(-n3ccnc3)c2)c1C. The number of aromatic nitrogens is 4. The van der Waals surface area contributed by atoms with Crippen LogP contribution in [0.15, 0.2) is 37.1 Å². The summed E-state index contributed by atoms with van der Waals surface area (Å²) in [4.78, 5) is 35.9. The van der Waals surface area contributed by atoms with Crippen LogP contribution in [0.4, 0.5) is 0 Å². The summed E-state index contributed by atoms with van der Waals surface area (Å²) in [6.07, 6.45) is 6.81. The number of carbonyl (C=O) groups is 2. The molecule has 2 N–H and O–H groups in total. The molecule has 0 aliphatic carbocycles. The highest BCUT2D eigenvalue weighted by atomic mass is 16.5. The minimum Gasteiger partial charge on any atom is -0.462 e. The number of aromatic amines is 1. The molecule has 0 fully saturated rings. The maximum atomic E-state index is 12.6. The van der Waals surface area contributed by atoms with E-state index in [4.69, 9.17) is 4.74 Å². The zero-order valence-electron chi connectivity index (χ0n) is 15.4. The van der Waals surface area contributed by atoms with E-state index in [0.717, 1.165) is 11.4 Å². The van der Waals surface area contributed by atoms with E-state index >= 15 is 0 Å². The normalized spacial score (nSPS) is 10.6. The van der Waals surface area contributed by atoms with Crippen LogP contribution in [0.25, 0.3) is 5.82 Å². The van der Waals surface area contributed by atoms with Gasteiger partial charge in [0.1, 0.15) is 17.8 Å². The Labute approximate surface area is 156 Å². The molecule has 0 saturated heterocycles. The molecule has 0 atom stereocenters. The largest absolute Gasteiger partial charge is 0.462 e. The van der Waals surface area contributed by atoms with Crippen LogP contribution in [0.2, 0.25) is 0 Å². The summed E-state index contributed by atoms with van der Waals surface area (Å²) in [6, 6.07) is 3.70. The molecule has 8 heteroatoms. The third kappa shape index (κ3) is 3.89. The number of imidazole rings is 1. The first-order valence-electron chi connectivity index (χ1n) is 8.59. The molecular weight excluding hydrogens is 346 g/mol. The average Bonchev–Trinajstić information content (AvgIpc) is 3.28. The Balaban J connectivity index is 1.73. The fourth-order valence-electron chi connectivity index (χ4n) is 2.86. The van der Waals surface area contributed by atoms with Gasteiger partial charge in [0, 0.05) is 30.8 Å². The second-order valence-corrected chi connectivity index (χ2v) is 6.02. The summed E-state index contributed by atoms with van der Waals surface area (Å²) in [6.45, 7) is 5.83. The van der Waals surface area contributed by atoms with Crippen LogP contribution in [0.5, 0.6) is 0 Å². The molecule has 1 amide bonds. The predicted molar refractivity (Wildman–Crippen MR) is 98.8 cm³/mol. The minimum absolute atomic E-state index is 0.283. The quantitative estimate of drug-likeness (QED) is 0.651. The van der Waals surface area contributed by atoms with E-state index in [1.807, 2.05) is 12.1 Å². The molecule has 0 spiro atoms. The fourth-order valence-corrected chi connectivity index (χ4v) is 2.86. The van der Waals surface area contributed by atoms with E-state index < -0.39 is 5.97 Å². The molecule has 0 saturated carbocycles. The maximum Gasteiger partial charge on any atom is 0.340 e. The van der Waals surface area contributed by atoms with E-state index in [1.165, 1.54) is 0 Å². The van der Waals surface area contributed by atoms with Crippen molar-refractivity contribution in [3.8, 4) is 5.82 Å². The van der Waals surface area contributed by atoms with Crippen LogP contribution in [-0.2, 0) is 11.3 Å². The van der Waals surface area contributed by atoms with Gasteiger partial charge in [-0.05, 0) is 44.0 Å². The monoisotopic (exact) mass is 367 g/mol. The molecular formula is C19H21N5O3. The number of rotatable bonds is 6. The lowest BCUT2D eigenvalue weighted by atomic mass is 10.1. The van der Waals surface area contributed by atoms with E-state index in [-0.39, 0.29) is 12.5 Å². The Morgan fingerprint density at radius 2 is 2.11 bits per heavy atom. The topological polar surface area (TPSA) is 102 Å². The fraction of sp³-hybridized carbons (Fsp3) is 0.263. The van der Waals surface area contributed by atoms with Crippen LogP contribution < -0.4 is 5.32 Å². The number of hydrogen-bond donors (Lipinski definition) is 2. The molecule has 0 aromatic carbocycles. The number of carbonyl (C=O) groups excluding carboxylic acids is 2. The Hall–Kier alpha value is -3.42. The van der Waals surface area contributed by atoms with Gasteiger partial charge in [0.05, 0.1) is 12.2 Å². The van der Waals surface area contributed by atoms with Crippen molar-refractivity contribution < 1.29 is 14.3 Å². The van der Waals surface area contributed by atoms with Crippen molar-refractivity contribution in [3.05, 3.63) is 65.1 Å². The van der Waals surface area contributed by atoms with Crippen molar-refractivity contribution in [2.24, 2.45) is 0 Å². The second-order valence-electron chi connectivity index (χ2n) is 6.02. The standard InChI is InChI=1S/C19H21N5O3/c1-4-27-19(26)16-12(2)17(23-13(16)3)18(25)22-10-14-5-6-21-15(9-14)24-8-7-20-11-24/h5-9,11,23H,4,10H2,1-3H3,(H,22,25). The lowest BCUT2D eigenvalue weighted by Gasteiger charge is -2.07. The highest BCUT2D eigenvalue weighted by Crippen LogP contribution is 2.19. The molecule has 27 heavy (non-hydrogen) atoms. The molecule has 0 aliphatic rings. The predicted octanol–water partition coefficient (Wildman–Crippen LogP) is 2.32. The van der Waals surface area contributed by atoms with Gasteiger partial charge in [-0.3, -0.25) is 9.36 Å². The highest BCUT2D eigenvalue weighted by Gasteiger charge is 2.22. The molecule has 3 heterocycles. The lowest BCUT2D eigenvalue weighted by molar-refractivity contribution is 0.0525. The lowest BCUT2D eigenvalue weighted by Crippen LogP contribution is -2.24. The molecule has 3 rings (SSSR count). The van der Waals surface area contributed by atoms with Gasteiger partial charge >= 0.3 is 5.97 Å². The molecule has 3 aromatic heterocycles. The van der Waals surface area contributed by atoms with Crippen LogP contribution >= 0.6 is 0 Å². The van der Waals surface area contributed by atoms with Crippen LogP contribution in [0.3, 0.4) is 0 Å². The van der Waals surface area contributed by atoms with Crippen molar-refractivity contribution >= 4 is 11.9 Å². The zero-order valence-corrected chi connectivity index (χ0v) is 15.4. The van der Waals surface area contributed by atoms with Crippen molar-refractivity contribution in [3.63, 3.8) is 0 Å². The van der Waals surface area contributed by atoms with Gasteiger partial charge in [-0.2, -0.15) is 0 Å². The van der Waals surface area contributed by atoms with E-state index in [2.05, 4.69) is 20.3 Å². The molecule has 3 aromatic rings. The molecule has 140 valence electrons. The average molecular weight is 367 g/mol. The van der Waals surface area contributed by atoms with Crippen LogP contribution in [0, 0.1) is 13.8 Å². The molecule has 0 bridgehead atoms. The first-order valence-corrected chi connectivity index (χ1v) is 8.59. The number of esters is 1. The van der Waals surface area contributed by atoms with Gasteiger partial charge in [-0.25, -0.2) is 14.8 Å². The van der Waals surface area contributed by atoms with Gasteiger partial charge < -0.3 is 15.0 Å². The van der Waals surface area contributed by atoms with Crippen molar-refractivity contribution in [2.45, 2.75) is 27.3 Å². The first-order chi connectivity index (χ1) is 13.0. The first kappa shape index (κ1) is 18.4. The molecule has 0 radical (unpaired) electrons. The van der Waals surface area contributed by atoms with Gasteiger partial charge in [0.15, 0.2) is 0 Å². The van der Waals surface area contributed by atoms with E-state index in [0.29, 0.717) is 29.1 Å². The van der Waals surface area contributed by atoms with Crippen LogP contribution in [0.1, 0.15) is 44.6 Å². The third-order valence-corrected chi connectivity index (χ3v) is 4.18. The summed E-state index contributed by atoms with van der Waals surface area (Å²) < 4.78 is 6.84. The summed E-state index contributed by atoms with van der Waals surface area (Å²) in [5, 5.41) is 2.87. The Kier molecular flexibility index (Phi) is 5.35. The summed E-state index contributed by atoms with van der Waals surface area (Å²) in [5.41, 5.74) is 2.86. The second kappa shape index (κ2) is 7.86. The summed E-state index contributed by atoms with van der Waals surface area (Å²) in [7, 11) is 0. The number of pyridine rings is 1. The number of nitrogens with zero attached hydrogens (tertiary/aromatic N) is 3. The number of H-pyrrole nitrogens is 1.